The van der Waals surface area contributed by atoms with Crippen LogP contribution in [0.1, 0.15) is 43.0 Å². The summed E-state index contributed by atoms with van der Waals surface area (Å²) in [5.74, 6) is 1.57. The van der Waals surface area contributed by atoms with Crippen LogP contribution < -0.4 is 0 Å². The molecule has 0 aliphatic heterocycles. The van der Waals surface area contributed by atoms with Gasteiger partial charge in [-0.3, -0.25) is 4.57 Å². The molecule has 1 unspecified atom stereocenters. The molecule has 0 amide bonds. The molecule has 4 aromatic carbocycles. The molecule has 2 aliphatic rings. The van der Waals surface area contributed by atoms with Gasteiger partial charge < -0.3 is 4.57 Å². The van der Waals surface area contributed by atoms with Crippen molar-refractivity contribution in [1.29, 1.82) is 0 Å². The third kappa shape index (κ3) is 4.22. The highest BCUT2D eigenvalue weighted by Gasteiger charge is 2.26. The molecule has 2 aliphatic carbocycles. The number of hydrogen-bond acceptors (Lipinski definition) is 1. The molecule has 0 N–H and O–H groups in total. The summed E-state index contributed by atoms with van der Waals surface area (Å²) in [4.78, 5) is 5.48. The molecule has 0 bridgehead atoms. The smallest absolute Gasteiger partial charge is 0.138 e. The van der Waals surface area contributed by atoms with Gasteiger partial charge >= 0.3 is 0 Å². The predicted molar refractivity (Wildman–Crippen MR) is 188 cm³/mol. The molecule has 7 aromatic rings. The van der Waals surface area contributed by atoms with Gasteiger partial charge in [-0.15, -0.1) is 0 Å². The van der Waals surface area contributed by atoms with E-state index in [0.29, 0.717) is 5.92 Å². The second kappa shape index (κ2) is 10.5. The van der Waals surface area contributed by atoms with Crippen molar-refractivity contribution >= 4 is 38.3 Å². The largest absolute Gasteiger partial charge is 0.307 e. The molecule has 0 saturated heterocycles. The second-order valence-electron chi connectivity index (χ2n) is 12.7. The van der Waals surface area contributed by atoms with Crippen LogP contribution in [0.3, 0.4) is 0 Å². The Bertz CT molecular complexity index is 2300. The van der Waals surface area contributed by atoms with Crippen LogP contribution in [0.2, 0.25) is 0 Å². The molecule has 0 saturated carbocycles. The van der Waals surface area contributed by atoms with Gasteiger partial charge in [0.05, 0.1) is 22.2 Å². The van der Waals surface area contributed by atoms with Gasteiger partial charge in [-0.05, 0) is 85.1 Å². The van der Waals surface area contributed by atoms with Crippen LogP contribution in [-0.4, -0.2) is 14.1 Å². The highest BCUT2D eigenvalue weighted by molar-refractivity contribution is 6.19. The average Bonchev–Trinajstić information content (AvgIpc) is 3.62. The standard InChI is InChI=1S/C42H35N3/c1-28-20-22-29(23-21-28)31-26-37(30-12-4-2-5-13-30)43-40(27-31)45-39-19-11-9-17-34(39)36-25-24-35-33-16-8-10-18-38(33)44(41(35)42(36)45)32-14-6-3-7-15-32/h2-8,10,12-16,18,20,22-28H,9,11,17,19,21H2,1H3. The minimum Gasteiger partial charge on any atom is -0.307 e. The SMILES string of the molecule is CC1C=CC(c2cc(-c3ccccc3)nc(-n3c4c(c5ccc6c7ccccc7n(-c7ccccc7)c6c53)CCCC4)c2)=CC1. The lowest BCUT2D eigenvalue weighted by Crippen LogP contribution is -2.09. The van der Waals surface area contributed by atoms with Gasteiger partial charge in [-0.1, -0.05) is 104 Å². The number of hydrogen-bond donors (Lipinski definition) is 0. The Balaban J connectivity index is 1.42. The maximum Gasteiger partial charge on any atom is 0.138 e. The van der Waals surface area contributed by atoms with E-state index in [-0.39, 0.29) is 0 Å². The zero-order valence-corrected chi connectivity index (χ0v) is 25.6. The van der Waals surface area contributed by atoms with Crippen molar-refractivity contribution in [2.24, 2.45) is 5.92 Å². The van der Waals surface area contributed by atoms with Crippen LogP contribution in [0, 0.1) is 5.92 Å². The minimum atomic E-state index is 0.567. The molecule has 218 valence electrons. The van der Waals surface area contributed by atoms with Gasteiger partial charge in [0.25, 0.3) is 0 Å². The third-order valence-electron chi connectivity index (χ3n) is 9.84. The number of para-hydroxylation sites is 2. The van der Waals surface area contributed by atoms with Gasteiger partial charge in [-0.25, -0.2) is 4.98 Å². The van der Waals surface area contributed by atoms with Crippen LogP contribution in [0.25, 0.3) is 61.0 Å². The van der Waals surface area contributed by atoms with E-state index in [1.165, 1.54) is 73.6 Å². The molecular weight excluding hydrogens is 546 g/mol. The Morgan fingerprint density at radius 3 is 2.22 bits per heavy atom. The number of aryl methyl sites for hydroxylation is 1. The zero-order chi connectivity index (χ0) is 29.9. The van der Waals surface area contributed by atoms with E-state index in [1.54, 1.807) is 0 Å². The van der Waals surface area contributed by atoms with E-state index in [4.69, 9.17) is 4.98 Å². The maximum atomic E-state index is 5.48. The van der Waals surface area contributed by atoms with Gasteiger partial charge in [-0.2, -0.15) is 0 Å². The molecular formula is C42H35N3. The highest BCUT2D eigenvalue weighted by atomic mass is 15.1. The molecule has 3 aromatic heterocycles. The van der Waals surface area contributed by atoms with Gasteiger partial charge in [0.15, 0.2) is 0 Å². The molecule has 0 spiro atoms. The Kier molecular flexibility index (Phi) is 6.12. The number of fused-ring (bicyclic) bond motifs is 7. The lowest BCUT2D eigenvalue weighted by molar-refractivity contribution is 0.665. The number of benzene rings is 4. The predicted octanol–water partition coefficient (Wildman–Crippen LogP) is 10.6. The molecule has 45 heavy (non-hydrogen) atoms. The lowest BCUT2D eigenvalue weighted by atomic mass is 9.93. The molecule has 3 heteroatoms. The van der Waals surface area contributed by atoms with Crippen molar-refractivity contribution in [3.63, 3.8) is 0 Å². The van der Waals surface area contributed by atoms with E-state index in [1.807, 2.05) is 0 Å². The first-order valence-electron chi connectivity index (χ1n) is 16.3. The summed E-state index contributed by atoms with van der Waals surface area (Å²) in [6.45, 7) is 2.28. The number of rotatable bonds is 4. The normalized spacial score (nSPS) is 16.4. The van der Waals surface area contributed by atoms with Gasteiger partial charge in [0, 0.05) is 33.1 Å². The number of aromatic nitrogens is 3. The maximum absolute atomic E-state index is 5.48. The molecule has 0 radical (unpaired) electrons. The van der Waals surface area contributed by atoms with E-state index in [2.05, 4.69) is 143 Å². The fourth-order valence-corrected chi connectivity index (χ4v) is 7.66. The monoisotopic (exact) mass is 581 g/mol. The van der Waals surface area contributed by atoms with Crippen LogP contribution in [0.15, 0.2) is 127 Å². The summed E-state index contributed by atoms with van der Waals surface area (Å²) in [6, 6.07) is 39.7. The van der Waals surface area contributed by atoms with Gasteiger partial charge in [0.2, 0.25) is 0 Å². The quantitative estimate of drug-likeness (QED) is 0.203. The Hall–Kier alpha value is -5.15. The zero-order valence-electron chi connectivity index (χ0n) is 25.6. The van der Waals surface area contributed by atoms with E-state index >= 15 is 0 Å². The van der Waals surface area contributed by atoms with E-state index in [9.17, 15) is 0 Å². The topological polar surface area (TPSA) is 22.8 Å². The van der Waals surface area contributed by atoms with Crippen LogP contribution in [-0.2, 0) is 12.8 Å². The summed E-state index contributed by atoms with van der Waals surface area (Å²) < 4.78 is 5.01. The fourth-order valence-electron chi connectivity index (χ4n) is 7.66. The summed E-state index contributed by atoms with van der Waals surface area (Å²) in [7, 11) is 0. The van der Waals surface area contributed by atoms with Crippen molar-refractivity contribution in [3.8, 4) is 22.8 Å². The first-order chi connectivity index (χ1) is 22.2. The minimum absolute atomic E-state index is 0.567. The molecule has 1 atom stereocenters. The highest BCUT2D eigenvalue weighted by Crippen LogP contribution is 2.43. The van der Waals surface area contributed by atoms with Crippen molar-refractivity contribution in [2.75, 3.05) is 0 Å². The second-order valence-corrected chi connectivity index (χ2v) is 12.7. The van der Waals surface area contributed by atoms with E-state index in [0.717, 1.165) is 36.3 Å². The van der Waals surface area contributed by atoms with E-state index < -0.39 is 0 Å². The Morgan fingerprint density at radius 1 is 0.667 bits per heavy atom. The third-order valence-corrected chi connectivity index (χ3v) is 9.84. The van der Waals surface area contributed by atoms with Crippen molar-refractivity contribution in [3.05, 3.63) is 144 Å². The molecule has 0 fully saturated rings. The summed E-state index contributed by atoms with van der Waals surface area (Å²) >= 11 is 0. The molecule has 9 rings (SSSR count). The van der Waals surface area contributed by atoms with Crippen LogP contribution >= 0.6 is 0 Å². The Morgan fingerprint density at radius 2 is 1.40 bits per heavy atom. The summed E-state index contributed by atoms with van der Waals surface area (Å²) in [5, 5.41) is 3.92. The van der Waals surface area contributed by atoms with Crippen molar-refractivity contribution in [1.82, 2.24) is 14.1 Å². The number of allylic oxidation sites excluding steroid dienone is 4. The Labute approximate surface area is 263 Å². The van der Waals surface area contributed by atoms with Crippen molar-refractivity contribution in [2.45, 2.75) is 39.0 Å². The fraction of sp³-hybridized carbons (Fsp3) is 0.167. The first-order valence-corrected chi connectivity index (χ1v) is 16.3. The number of pyridine rings is 1. The summed E-state index contributed by atoms with van der Waals surface area (Å²) in [6.07, 6.45) is 12.7. The lowest BCUT2D eigenvalue weighted by Gasteiger charge is -2.19. The van der Waals surface area contributed by atoms with Crippen LogP contribution in [0.4, 0.5) is 0 Å². The molecule has 3 nitrogen and oxygen atoms in total. The first kappa shape index (κ1) is 26.3. The summed E-state index contributed by atoms with van der Waals surface area (Å²) in [5.41, 5.74) is 12.5. The van der Waals surface area contributed by atoms with Crippen molar-refractivity contribution < 1.29 is 0 Å². The van der Waals surface area contributed by atoms with Gasteiger partial charge in [0.1, 0.15) is 5.82 Å². The van der Waals surface area contributed by atoms with Crippen LogP contribution in [0.5, 0.6) is 0 Å². The average molecular weight is 582 g/mol. The number of nitrogens with zero attached hydrogens (tertiary/aromatic N) is 3. The molecule has 3 heterocycles.